The van der Waals surface area contributed by atoms with E-state index in [1.165, 1.54) is 6.07 Å². The van der Waals surface area contributed by atoms with Gasteiger partial charge in [0, 0.05) is 18.5 Å². The Labute approximate surface area is 160 Å². The molecule has 5 amide bonds. The average Bonchev–Trinajstić information content (AvgIpc) is 3.39. The minimum atomic E-state index is -0.791. The van der Waals surface area contributed by atoms with Crippen LogP contribution < -0.4 is 25.6 Å². The van der Waals surface area contributed by atoms with Crippen LogP contribution >= 0.6 is 0 Å². The first-order valence-electron chi connectivity index (χ1n) is 9.11. The van der Waals surface area contributed by atoms with Crippen LogP contribution in [0.4, 0.5) is 4.79 Å². The molecule has 0 aromatic heterocycles. The fourth-order valence-corrected chi connectivity index (χ4v) is 3.71. The lowest BCUT2D eigenvalue weighted by Gasteiger charge is -2.19. The predicted octanol–water partition coefficient (Wildman–Crippen LogP) is 0.431. The molecule has 2 heterocycles. The number of hydrogen-bond donors (Lipinski definition) is 3. The molecule has 1 saturated heterocycles. The summed E-state index contributed by atoms with van der Waals surface area (Å²) in [5.74, 6) is -0.298. The van der Waals surface area contributed by atoms with Crippen LogP contribution in [-0.2, 0) is 9.59 Å². The molecule has 0 unspecified atom stereocenters. The van der Waals surface area contributed by atoms with Crippen molar-refractivity contribution < 1.29 is 28.7 Å². The van der Waals surface area contributed by atoms with Crippen molar-refractivity contribution >= 4 is 23.8 Å². The van der Waals surface area contributed by atoms with Gasteiger partial charge in [-0.05, 0) is 31.0 Å². The highest BCUT2D eigenvalue weighted by molar-refractivity contribution is 6.07. The molecular weight excluding hydrogens is 368 g/mol. The quantitative estimate of drug-likeness (QED) is 0.507. The van der Waals surface area contributed by atoms with Crippen molar-refractivity contribution in [2.75, 3.05) is 13.3 Å². The Morgan fingerprint density at radius 2 is 1.86 bits per heavy atom. The molecule has 1 aliphatic carbocycles. The predicted molar refractivity (Wildman–Crippen MR) is 94.2 cm³/mol. The van der Waals surface area contributed by atoms with Gasteiger partial charge in [0.1, 0.15) is 5.54 Å². The number of urea groups is 1. The Balaban J connectivity index is 1.26. The normalized spacial score (nSPS) is 19.1. The van der Waals surface area contributed by atoms with Crippen molar-refractivity contribution in [3.63, 3.8) is 0 Å². The number of imide groups is 1. The van der Waals surface area contributed by atoms with E-state index in [9.17, 15) is 19.2 Å². The van der Waals surface area contributed by atoms with Crippen molar-refractivity contribution in [1.29, 1.82) is 0 Å². The number of nitrogens with one attached hydrogen (secondary N) is 3. The largest absolute Gasteiger partial charge is 0.454 e. The van der Waals surface area contributed by atoms with Gasteiger partial charge in [0.05, 0.1) is 0 Å². The first kappa shape index (κ1) is 18.1. The van der Waals surface area contributed by atoms with Crippen LogP contribution in [0.15, 0.2) is 18.2 Å². The lowest BCUT2D eigenvalue weighted by atomic mass is 9.98. The van der Waals surface area contributed by atoms with Crippen molar-refractivity contribution in [2.24, 2.45) is 0 Å². The minimum absolute atomic E-state index is 0.0435. The molecule has 3 N–H and O–H groups in total. The number of benzene rings is 1. The van der Waals surface area contributed by atoms with Gasteiger partial charge >= 0.3 is 6.03 Å². The van der Waals surface area contributed by atoms with E-state index in [1.807, 2.05) is 0 Å². The highest BCUT2D eigenvalue weighted by Gasteiger charge is 2.52. The van der Waals surface area contributed by atoms with Gasteiger partial charge in [-0.25, -0.2) is 4.79 Å². The molecule has 3 aliphatic rings. The second-order valence-corrected chi connectivity index (χ2v) is 7.00. The summed E-state index contributed by atoms with van der Waals surface area (Å²) in [6, 6.07) is 4.20. The molecule has 4 rings (SSSR count). The summed E-state index contributed by atoms with van der Waals surface area (Å²) in [7, 11) is 0. The van der Waals surface area contributed by atoms with E-state index in [2.05, 4.69) is 16.2 Å². The van der Waals surface area contributed by atoms with Gasteiger partial charge in [-0.3, -0.25) is 30.1 Å². The fraction of sp³-hybridized carbons (Fsp3) is 0.444. The van der Waals surface area contributed by atoms with Crippen LogP contribution in [0.25, 0.3) is 0 Å². The maximum atomic E-state index is 12.5. The molecule has 2 aliphatic heterocycles. The highest BCUT2D eigenvalue weighted by Crippen LogP contribution is 2.35. The molecular formula is C18H20N4O6. The monoisotopic (exact) mass is 388 g/mol. The molecule has 28 heavy (non-hydrogen) atoms. The number of carbonyl (C=O) groups excluding carboxylic acids is 4. The van der Waals surface area contributed by atoms with Gasteiger partial charge in [-0.15, -0.1) is 0 Å². The number of nitrogens with zero attached hydrogens (tertiary/aromatic N) is 1. The number of ether oxygens (including phenoxy) is 2. The molecule has 1 spiro atoms. The summed E-state index contributed by atoms with van der Waals surface area (Å²) in [4.78, 5) is 49.8. The summed E-state index contributed by atoms with van der Waals surface area (Å²) in [5, 5.41) is 2.76. The van der Waals surface area contributed by atoms with Gasteiger partial charge < -0.3 is 14.8 Å². The molecule has 1 aromatic rings. The Bertz CT molecular complexity index is 848. The number of hydrazine groups is 1. The topological polar surface area (TPSA) is 126 Å². The second-order valence-electron chi connectivity index (χ2n) is 7.00. The molecule has 10 nitrogen and oxygen atoms in total. The Hall–Kier alpha value is -3.30. The number of fused-ring (bicyclic) bond motifs is 1. The number of carbonyl (C=O) groups is 4. The van der Waals surface area contributed by atoms with Crippen molar-refractivity contribution in [3.05, 3.63) is 23.8 Å². The maximum absolute atomic E-state index is 12.5. The standard InChI is InChI=1S/C18H20N4O6/c23-14(5-8-22-16(25)18(19-17(22)26)6-1-2-7-18)20-21-15(24)11-3-4-12-13(9-11)28-10-27-12/h3-4,9H,1-2,5-8,10H2,(H,19,26)(H,20,23)(H,21,24). The molecule has 2 fully saturated rings. The van der Waals surface area contributed by atoms with Crippen LogP contribution in [0, 0.1) is 0 Å². The molecule has 0 atom stereocenters. The summed E-state index contributed by atoms with van der Waals surface area (Å²) in [6.45, 7) is 0.0549. The molecule has 0 bridgehead atoms. The fourth-order valence-electron chi connectivity index (χ4n) is 3.71. The summed E-state index contributed by atoms with van der Waals surface area (Å²) < 4.78 is 10.4. The smallest absolute Gasteiger partial charge is 0.325 e. The number of amides is 5. The lowest BCUT2D eigenvalue weighted by Crippen LogP contribution is -2.45. The Morgan fingerprint density at radius 3 is 2.64 bits per heavy atom. The van der Waals surface area contributed by atoms with E-state index >= 15 is 0 Å². The summed E-state index contributed by atoms with van der Waals surface area (Å²) >= 11 is 0. The van der Waals surface area contributed by atoms with Crippen molar-refractivity contribution in [1.82, 2.24) is 21.1 Å². The minimum Gasteiger partial charge on any atom is -0.454 e. The zero-order valence-corrected chi connectivity index (χ0v) is 15.1. The van der Waals surface area contributed by atoms with Crippen LogP contribution in [0.5, 0.6) is 11.5 Å². The lowest BCUT2D eigenvalue weighted by molar-refractivity contribution is -0.131. The van der Waals surface area contributed by atoms with Gasteiger partial charge in [-0.1, -0.05) is 12.8 Å². The zero-order valence-electron chi connectivity index (χ0n) is 15.1. The molecule has 10 heteroatoms. The molecule has 1 saturated carbocycles. The first-order chi connectivity index (χ1) is 13.5. The first-order valence-corrected chi connectivity index (χ1v) is 9.11. The van der Waals surface area contributed by atoms with Crippen LogP contribution in [0.3, 0.4) is 0 Å². The molecule has 0 radical (unpaired) electrons. The molecule has 148 valence electrons. The van der Waals surface area contributed by atoms with Gasteiger partial charge in [0.2, 0.25) is 12.7 Å². The van der Waals surface area contributed by atoms with Gasteiger partial charge in [-0.2, -0.15) is 0 Å². The number of hydrogen-bond acceptors (Lipinski definition) is 6. The van der Waals surface area contributed by atoms with Crippen molar-refractivity contribution in [2.45, 2.75) is 37.6 Å². The van der Waals surface area contributed by atoms with E-state index in [0.717, 1.165) is 17.7 Å². The van der Waals surface area contributed by atoms with E-state index < -0.39 is 23.4 Å². The van der Waals surface area contributed by atoms with Crippen LogP contribution in [0.2, 0.25) is 0 Å². The third-order valence-electron chi connectivity index (χ3n) is 5.22. The third kappa shape index (κ3) is 3.21. The Morgan fingerprint density at radius 1 is 1.11 bits per heavy atom. The SMILES string of the molecule is O=C(CCN1C(=O)NC2(CCCC2)C1=O)NNC(=O)c1ccc2c(c1)OCO2. The maximum Gasteiger partial charge on any atom is 0.325 e. The second kappa shape index (κ2) is 7.02. The third-order valence-corrected chi connectivity index (χ3v) is 5.22. The summed E-state index contributed by atoms with van der Waals surface area (Å²) in [5.41, 5.74) is 4.08. The average molecular weight is 388 g/mol. The highest BCUT2D eigenvalue weighted by atomic mass is 16.7. The van der Waals surface area contributed by atoms with Crippen LogP contribution in [-0.4, -0.2) is 47.5 Å². The van der Waals surface area contributed by atoms with E-state index in [4.69, 9.17) is 9.47 Å². The van der Waals surface area contributed by atoms with Gasteiger partial charge in [0.15, 0.2) is 11.5 Å². The Kier molecular flexibility index (Phi) is 4.54. The zero-order chi connectivity index (χ0) is 19.7. The van der Waals surface area contributed by atoms with E-state index in [-0.39, 0.29) is 25.7 Å². The van der Waals surface area contributed by atoms with Gasteiger partial charge in [0.25, 0.3) is 11.8 Å². The van der Waals surface area contributed by atoms with E-state index in [0.29, 0.717) is 29.9 Å². The summed E-state index contributed by atoms with van der Waals surface area (Å²) in [6.07, 6.45) is 2.94. The van der Waals surface area contributed by atoms with E-state index in [1.54, 1.807) is 12.1 Å². The van der Waals surface area contributed by atoms with Crippen LogP contribution in [0.1, 0.15) is 42.5 Å². The molecule has 1 aromatic carbocycles. The van der Waals surface area contributed by atoms with Crippen molar-refractivity contribution in [3.8, 4) is 11.5 Å². The number of rotatable bonds is 4.